The molecule has 4 nitrogen and oxygen atoms in total. The van der Waals surface area contributed by atoms with Crippen LogP contribution in [0.4, 0.5) is 0 Å². The third-order valence-corrected chi connectivity index (χ3v) is 1.31. The molecule has 6 heteroatoms. The number of rotatable bonds is 8. The van der Waals surface area contributed by atoms with Gasteiger partial charge in [0.15, 0.2) is 0 Å². The van der Waals surface area contributed by atoms with Gasteiger partial charge in [0.05, 0.1) is 19.8 Å². The molecule has 1 amide bonds. The van der Waals surface area contributed by atoms with E-state index < -0.39 is 0 Å². The average molecular weight is 669 g/mol. The number of ether oxygens (including phenoxy) is 2. The molecule has 0 atom stereocenters. The Morgan fingerprint density at radius 3 is 1.86 bits per heavy atom. The molecule has 0 rings (SSSR count). The Labute approximate surface area is 164 Å². The normalized spacial score (nSPS) is 7.33. The summed E-state index contributed by atoms with van der Waals surface area (Å²) < 4.78 is 10.1. The topological polar surface area (TPSA) is 47.6 Å². The largest absolute Gasteiger partial charge is 0.411 e. The zero-order valence-corrected chi connectivity index (χ0v) is 18.4. The van der Waals surface area contributed by atoms with Gasteiger partial charge in [-0.3, -0.25) is 4.79 Å². The van der Waals surface area contributed by atoms with E-state index in [4.69, 9.17) is 9.47 Å². The summed E-state index contributed by atoms with van der Waals surface area (Å²) >= 11 is 0. The first-order chi connectivity index (χ1) is 8.72. The number of hydrogen-bond donors (Lipinski definition) is 1. The van der Waals surface area contributed by atoms with Crippen molar-refractivity contribution < 1.29 is 59.0 Å². The Bertz CT molecular complexity index is 151. The zero-order chi connectivity index (χ0) is 14.6. The summed E-state index contributed by atoms with van der Waals surface area (Å²) in [4.78, 5) is 10.9. The van der Waals surface area contributed by atoms with Crippen LogP contribution in [0.1, 0.15) is 34.1 Å². The monoisotopic (exact) mass is 669 g/mol. The van der Waals surface area contributed by atoms with Gasteiger partial charge in [0.2, 0.25) is 5.91 Å². The number of hydrogen-bond acceptors (Lipinski definition) is 3. The van der Waals surface area contributed by atoms with Gasteiger partial charge in [-0.2, -0.15) is 13.8 Å². The minimum atomic E-state index is -0.0342. The molecule has 0 unspecified atom stereocenters. The summed E-state index contributed by atoms with van der Waals surface area (Å²) in [5.41, 5.74) is 0. The van der Waals surface area contributed by atoms with Crippen LogP contribution in [0.25, 0.3) is 0 Å². The molecule has 0 heterocycles. The van der Waals surface area contributed by atoms with E-state index in [0.717, 1.165) is 0 Å². The van der Waals surface area contributed by atoms with Crippen LogP contribution in [0.15, 0.2) is 0 Å². The maximum Gasteiger partial charge on any atom is 0.219 e. The fourth-order valence-electron chi connectivity index (χ4n) is 0.715. The molecule has 0 aliphatic rings. The maximum atomic E-state index is 10.9. The van der Waals surface area contributed by atoms with Crippen LogP contribution in [0.5, 0.6) is 0 Å². The van der Waals surface area contributed by atoms with Crippen molar-refractivity contribution in [1.29, 1.82) is 0 Å². The van der Waals surface area contributed by atoms with Crippen molar-refractivity contribution in [2.75, 3.05) is 33.0 Å². The molecule has 0 aromatic rings. The van der Waals surface area contributed by atoms with E-state index >= 15 is 0 Å². The third kappa shape index (κ3) is 52.7. The van der Waals surface area contributed by atoms with Gasteiger partial charge >= 0.3 is 0 Å². The molecule has 0 aromatic heterocycles. The van der Waals surface area contributed by atoms with Crippen LogP contribution < -0.4 is 5.32 Å². The molecule has 21 heavy (non-hydrogen) atoms. The van der Waals surface area contributed by atoms with Crippen molar-refractivity contribution in [3.8, 4) is 0 Å². The number of carbonyl (C=O) groups is 1. The van der Waals surface area contributed by atoms with Crippen LogP contribution in [-0.2, 0) is 59.0 Å². The Morgan fingerprint density at radius 2 is 1.48 bits per heavy atom. The van der Waals surface area contributed by atoms with Gasteiger partial charge in [-0.25, -0.2) is 0 Å². The van der Waals surface area contributed by atoms with E-state index in [2.05, 4.69) is 19.2 Å². The Hall–Kier alpha value is 0.871. The first-order valence-corrected chi connectivity index (χ1v) is 6.47. The van der Waals surface area contributed by atoms with Crippen molar-refractivity contribution in [1.82, 2.24) is 5.32 Å². The minimum Gasteiger partial charge on any atom is -0.411 e. The predicted molar refractivity (Wildman–Crippen MR) is 83.4 cm³/mol. The molecule has 0 fully saturated rings. The molecule has 0 aromatic carbocycles. The minimum absolute atomic E-state index is 0. The van der Waals surface area contributed by atoms with Crippen LogP contribution >= 0.6 is 0 Å². The Morgan fingerprint density at radius 1 is 1.05 bits per heavy atom. The standard InChI is InChI=1S/C9H17NO3.C3H7.C2H6.CH3.2Au/c1-3-10-9(11)5-6-13-8-7-12-4-2;1-3-2;1-2;;;/h1-8H2,(H,10,11);3H,1-2H3;1-2H3;1H3;;/q-2;-1;;-1;;. The Balaban J connectivity index is -0.0000000624. The smallest absolute Gasteiger partial charge is 0.219 e. The second-order valence-corrected chi connectivity index (χ2v) is 2.90. The van der Waals surface area contributed by atoms with Gasteiger partial charge in [0.25, 0.3) is 0 Å². The summed E-state index contributed by atoms with van der Waals surface area (Å²) in [7, 11) is 0. The quantitative estimate of drug-likeness (QED) is 0.246. The number of nitrogens with one attached hydrogen (secondary N) is 1. The second kappa shape index (κ2) is 42.8. The fraction of sp³-hybridized carbons (Fsp3) is 0.667. The van der Waals surface area contributed by atoms with E-state index in [1.54, 1.807) is 0 Å². The molecule has 0 aliphatic heterocycles. The number of carbonyl (C=O) groups excluding carboxylic acids is 1. The number of amides is 1. The maximum absolute atomic E-state index is 10.9. The fourth-order valence-corrected chi connectivity index (χ4v) is 0.715. The molecule has 2 radical (unpaired) electrons. The van der Waals surface area contributed by atoms with Gasteiger partial charge in [-0.05, 0) is 0 Å². The summed E-state index contributed by atoms with van der Waals surface area (Å²) in [6, 6.07) is 0. The average Bonchev–Trinajstić information content (AvgIpc) is 2.37. The third-order valence-electron chi connectivity index (χ3n) is 1.31. The summed E-state index contributed by atoms with van der Waals surface area (Å²) in [6.45, 7) is 17.3. The van der Waals surface area contributed by atoms with E-state index in [9.17, 15) is 4.79 Å². The van der Waals surface area contributed by atoms with E-state index in [-0.39, 0.29) is 58.1 Å². The van der Waals surface area contributed by atoms with Crippen LogP contribution in [0.2, 0.25) is 0 Å². The summed E-state index contributed by atoms with van der Waals surface area (Å²) in [6.07, 6.45) is 2.37. The van der Waals surface area contributed by atoms with Gasteiger partial charge in [0, 0.05) is 51.2 Å². The van der Waals surface area contributed by atoms with Gasteiger partial charge < -0.3 is 42.5 Å². The molecule has 0 aliphatic carbocycles. The van der Waals surface area contributed by atoms with Gasteiger partial charge in [-0.15, -0.1) is 6.54 Å². The van der Waals surface area contributed by atoms with Gasteiger partial charge in [0.1, 0.15) is 0 Å². The van der Waals surface area contributed by atoms with Gasteiger partial charge in [-0.1, -0.05) is 20.5 Å². The van der Waals surface area contributed by atoms with E-state index in [1.807, 2.05) is 34.1 Å². The van der Waals surface area contributed by atoms with Crippen LogP contribution in [0.3, 0.4) is 0 Å². The molecule has 142 valence electrons. The first-order valence-electron chi connectivity index (χ1n) is 6.47. The Kier molecular flexibility index (Phi) is 77.1. The summed E-state index contributed by atoms with van der Waals surface area (Å²) in [5, 5.41) is 2.58. The predicted octanol–water partition coefficient (Wildman–Crippen LogP) is 2.90. The SMILES string of the molecule is CC.C[CH-]C.[Au].[Au].[CH2-]CNC(=O)CCOCCOC[CH2-].[CH3-]. The zero-order valence-electron chi connectivity index (χ0n) is 14.1. The van der Waals surface area contributed by atoms with Crippen molar-refractivity contribution >= 4 is 5.91 Å². The van der Waals surface area contributed by atoms with Crippen molar-refractivity contribution in [3.63, 3.8) is 0 Å². The first kappa shape index (κ1) is 37.8. The second-order valence-electron chi connectivity index (χ2n) is 2.90. The summed E-state index contributed by atoms with van der Waals surface area (Å²) in [5.74, 6) is -0.0342. The molecule has 1 N–H and O–H groups in total. The molecular weight excluding hydrogens is 636 g/mol. The molecule has 0 bridgehead atoms. The molecule has 0 saturated heterocycles. The van der Waals surface area contributed by atoms with Crippen molar-refractivity contribution in [3.05, 3.63) is 27.7 Å². The van der Waals surface area contributed by atoms with Crippen LogP contribution in [-0.4, -0.2) is 38.9 Å². The van der Waals surface area contributed by atoms with E-state index in [1.165, 1.54) is 0 Å². The molecule has 0 saturated carbocycles. The van der Waals surface area contributed by atoms with Crippen molar-refractivity contribution in [2.24, 2.45) is 0 Å². The molecular formula is C15H33Au2NO3-4. The van der Waals surface area contributed by atoms with Crippen molar-refractivity contribution in [2.45, 2.75) is 34.1 Å². The molecule has 0 spiro atoms. The van der Waals surface area contributed by atoms with E-state index in [0.29, 0.717) is 39.4 Å². The van der Waals surface area contributed by atoms with Crippen LogP contribution in [0, 0.1) is 27.7 Å².